The molecule has 0 saturated heterocycles. The van der Waals surface area contributed by atoms with Crippen LogP contribution in [0.4, 0.5) is 5.69 Å². The van der Waals surface area contributed by atoms with E-state index in [0.29, 0.717) is 11.7 Å². The molecule has 1 saturated carbocycles. The zero-order valence-corrected chi connectivity index (χ0v) is 10.2. The van der Waals surface area contributed by atoms with Crippen molar-refractivity contribution < 1.29 is 4.79 Å². The fourth-order valence-corrected chi connectivity index (χ4v) is 1.99. The summed E-state index contributed by atoms with van der Waals surface area (Å²) < 4.78 is 0. The first-order chi connectivity index (χ1) is 8.78. The number of anilines is 1. The van der Waals surface area contributed by atoms with Gasteiger partial charge in [-0.3, -0.25) is 4.79 Å². The summed E-state index contributed by atoms with van der Waals surface area (Å²) in [5, 5.41) is 7.10. The van der Waals surface area contributed by atoms with Crippen LogP contribution in [-0.4, -0.2) is 24.0 Å². The van der Waals surface area contributed by atoms with E-state index < -0.39 is 0 Å². The number of benzene rings is 1. The number of carbonyl (C=O) groups excluding carboxylic acids is 1. The molecule has 4 nitrogen and oxygen atoms in total. The summed E-state index contributed by atoms with van der Waals surface area (Å²) in [6.07, 6.45) is 2.16. The van der Waals surface area contributed by atoms with Crippen LogP contribution in [0.3, 0.4) is 0 Å². The first-order valence-electron chi connectivity index (χ1n) is 6.16. The average Bonchev–Trinajstić information content (AvgIpc) is 3.21. The van der Waals surface area contributed by atoms with Crippen LogP contribution in [0.5, 0.6) is 0 Å². The molecule has 2 N–H and O–H groups in total. The highest BCUT2D eigenvalue weighted by molar-refractivity contribution is 5.99. The molecule has 1 heterocycles. The summed E-state index contributed by atoms with van der Waals surface area (Å²) in [6, 6.07) is 9.97. The van der Waals surface area contributed by atoms with E-state index in [1.807, 2.05) is 31.3 Å². The van der Waals surface area contributed by atoms with Crippen LogP contribution in [0.1, 0.15) is 23.3 Å². The predicted molar refractivity (Wildman–Crippen MR) is 71.8 cm³/mol. The second kappa shape index (κ2) is 4.29. The van der Waals surface area contributed by atoms with Crippen molar-refractivity contribution in [2.45, 2.75) is 18.9 Å². The van der Waals surface area contributed by atoms with E-state index in [1.54, 1.807) is 6.07 Å². The second-order valence-electron chi connectivity index (χ2n) is 4.57. The lowest BCUT2D eigenvalue weighted by molar-refractivity contribution is 0.0946. The Morgan fingerprint density at radius 1 is 1.33 bits per heavy atom. The van der Waals surface area contributed by atoms with Crippen LogP contribution >= 0.6 is 0 Å². The zero-order chi connectivity index (χ0) is 12.5. The Balaban J connectivity index is 2.03. The molecule has 1 amide bonds. The topological polar surface area (TPSA) is 54.0 Å². The Morgan fingerprint density at radius 2 is 2.11 bits per heavy atom. The van der Waals surface area contributed by atoms with Crippen LogP contribution in [0.2, 0.25) is 0 Å². The van der Waals surface area contributed by atoms with Crippen LogP contribution < -0.4 is 10.6 Å². The minimum absolute atomic E-state index is 0.0836. The Kier molecular flexibility index (Phi) is 2.63. The second-order valence-corrected chi connectivity index (χ2v) is 4.57. The summed E-state index contributed by atoms with van der Waals surface area (Å²) in [5.74, 6) is -0.0836. The van der Waals surface area contributed by atoms with Crippen molar-refractivity contribution in [2.24, 2.45) is 0 Å². The molecule has 3 rings (SSSR count). The molecule has 0 atom stereocenters. The molecule has 2 aromatic rings. The number of para-hydroxylation sites is 1. The normalized spacial score (nSPS) is 14.5. The summed E-state index contributed by atoms with van der Waals surface area (Å²) in [5.41, 5.74) is 2.25. The third-order valence-electron chi connectivity index (χ3n) is 3.13. The van der Waals surface area contributed by atoms with Gasteiger partial charge in [-0.25, -0.2) is 4.98 Å². The van der Waals surface area contributed by atoms with Gasteiger partial charge < -0.3 is 10.6 Å². The summed E-state index contributed by atoms with van der Waals surface area (Å²) in [7, 11) is 1.85. The number of hydrogen-bond acceptors (Lipinski definition) is 3. The maximum absolute atomic E-state index is 12.0. The number of fused-ring (bicyclic) bond motifs is 1. The van der Waals surface area contributed by atoms with E-state index in [4.69, 9.17) is 0 Å². The number of carbonyl (C=O) groups is 1. The van der Waals surface area contributed by atoms with Crippen LogP contribution in [0, 0.1) is 0 Å². The van der Waals surface area contributed by atoms with Crippen LogP contribution in [0.15, 0.2) is 30.3 Å². The van der Waals surface area contributed by atoms with Crippen molar-refractivity contribution in [1.82, 2.24) is 10.3 Å². The van der Waals surface area contributed by atoms with E-state index >= 15 is 0 Å². The number of aromatic nitrogens is 1. The Morgan fingerprint density at radius 3 is 2.83 bits per heavy atom. The number of nitrogens with zero attached hydrogens (tertiary/aromatic N) is 1. The molecule has 18 heavy (non-hydrogen) atoms. The number of pyridine rings is 1. The van der Waals surface area contributed by atoms with Gasteiger partial charge in [0, 0.05) is 24.2 Å². The molecule has 0 unspecified atom stereocenters. The SMILES string of the molecule is CNc1cc(C(=O)NC2CC2)nc2ccccc12. The summed E-state index contributed by atoms with van der Waals surface area (Å²) >= 11 is 0. The van der Waals surface area contributed by atoms with Gasteiger partial charge in [-0.15, -0.1) is 0 Å². The van der Waals surface area contributed by atoms with Gasteiger partial charge in [0.05, 0.1) is 5.52 Å². The molecular formula is C14H15N3O. The fourth-order valence-electron chi connectivity index (χ4n) is 1.99. The van der Waals surface area contributed by atoms with Crippen molar-refractivity contribution in [1.29, 1.82) is 0 Å². The summed E-state index contributed by atoms with van der Waals surface area (Å²) in [6.45, 7) is 0. The van der Waals surface area contributed by atoms with Gasteiger partial charge in [0.1, 0.15) is 5.69 Å². The lowest BCUT2D eigenvalue weighted by Crippen LogP contribution is -2.26. The average molecular weight is 241 g/mol. The van der Waals surface area contributed by atoms with E-state index in [0.717, 1.165) is 29.4 Å². The fraction of sp³-hybridized carbons (Fsp3) is 0.286. The van der Waals surface area contributed by atoms with E-state index in [-0.39, 0.29) is 5.91 Å². The number of nitrogens with one attached hydrogen (secondary N) is 2. The highest BCUT2D eigenvalue weighted by Crippen LogP contribution is 2.24. The third-order valence-corrected chi connectivity index (χ3v) is 3.13. The van der Waals surface area contributed by atoms with Gasteiger partial charge in [0.2, 0.25) is 0 Å². The van der Waals surface area contributed by atoms with Crippen LogP contribution in [0.25, 0.3) is 10.9 Å². The highest BCUT2D eigenvalue weighted by atomic mass is 16.2. The van der Waals surface area contributed by atoms with Gasteiger partial charge in [-0.2, -0.15) is 0 Å². The van der Waals surface area contributed by atoms with Crippen molar-refractivity contribution in [3.8, 4) is 0 Å². The lowest BCUT2D eigenvalue weighted by atomic mass is 10.1. The summed E-state index contributed by atoms with van der Waals surface area (Å²) in [4.78, 5) is 16.4. The number of amides is 1. The lowest BCUT2D eigenvalue weighted by Gasteiger charge is -2.09. The molecule has 1 fully saturated rings. The van der Waals surface area contributed by atoms with Gasteiger partial charge in [-0.1, -0.05) is 18.2 Å². The van der Waals surface area contributed by atoms with E-state index in [1.165, 1.54) is 0 Å². The molecule has 0 aliphatic heterocycles. The largest absolute Gasteiger partial charge is 0.388 e. The maximum Gasteiger partial charge on any atom is 0.270 e. The molecular weight excluding hydrogens is 226 g/mol. The Labute approximate surface area is 105 Å². The standard InChI is InChI=1S/C14H15N3O/c1-15-12-8-13(14(18)16-9-6-7-9)17-11-5-3-2-4-10(11)12/h2-5,8-9H,6-7H2,1H3,(H,15,17)(H,16,18). The zero-order valence-electron chi connectivity index (χ0n) is 10.2. The molecule has 92 valence electrons. The molecule has 1 aliphatic carbocycles. The Bertz CT molecular complexity index is 605. The molecule has 4 heteroatoms. The molecule has 1 aromatic carbocycles. The minimum Gasteiger partial charge on any atom is -0.388 e. The van der Waals surface area contributed by atoms with Crippen molar-refractivity contribution >= 4 is 22.5 Å². The van der Waals surface area contributed by atoms with Crippen molar-refractivity contribution in [3.63, 3.8) is 0 Å². The van der Waals surface area contributed by atoms with Gasteiger partial charge in [-0.05, 0) is 25.0 Å². The van der Waals surface area contributed by atoms with Gasteiger partial charge in [0.15, 0.2) is 0 Å². The van der Waals surface area contributed by atoms with Gasteiger partial charge >= 0.3 is 0 Å². The molecule has 0 spiro atoms. The number of hydrogen-bond donors (Lipinski definition) is 2. The first kappa shape index (κ1) is 11.0. The smallest absolute Gasteiger partial charge is 0.270 e. The number of rotatable bonds is 3. The monoisotopic (exact) mass is 241 g/mol. The molecule has 1 aromatic heterocycles. The van der Waals surface area contributed by atoms with Crippen molar-refractivity contribution in [3.05, 3.63) is 36.0 Å². The molecule has 0 bridgehead atoms. The predicted octanol–water partition coefficient (Wildman–Crippen LogP) is 2.17. The molecule has 1 aliphatic rings. The van der Waals surface area contributed by atoms with E-state index in [9.17, 15) is 4.79 Å². The van der Waals surface area contributed by atoms with Crippen LogP contribution in [-0.2, 0) is 0 Å². The third kappa shape index (κ3) is 2.01. The van der Waals surface area contributed by atoms with Crippen molar-refractivity contribution in [2.75, 3.05) is 12.4 Å². The molecule has 0 radical (unpaired) electrons. The maximum atomic E-state index is 12.0. The highest BCUT2D eigenvalue weighted by Gasteiger charge is 2.24. The minimum atomic E-state index is -0.0836. The first-order valence-corrected chi connectivity index (χ1v) is 6.16. The van der Waals surface area contributed by atoms with Gasteiger partial charge in [0.25, 0.3) is 5.91 Å². The Hall–Kier alpha value is -2.10. The quantitative estimate of drug-likeness (QED) is 0.866. The van der Waals surface area contributed by atoms with E-state index in [2.05, 4.69) is 15.6 Å².